The molecular weight excluding hydrogens is 344 g/mol. The average Bonchev–Trinajstić information content (AvgIpc) is 3.25. The Kier molecular flexibility index (Phi) is 5.66. The molecule has 0 saturated heterocycles. The summed E-state index contributed by atoms with van der Waals surface area (Å²) in [5.74, 6) is 0.219. The number of esters is 1. The van der Waals surface area contributed by atoms with Gasteiger partial charge in [0, 0.05) is 18.4 Å². The van der Waals surface area contributed by atoms with Crippen LogP contribution in [0.4, 0.5) is 0 Å². The van der Waals surface area contributed by atoms with E-state index >= 15 is 0 Å². The van der Waals surface area contributed by atoms with Gasteiger partial charge in [0.25, 0.3) is 0 Å². The van der Waals surface area contributed by atoms with Gasteiger partial charge in [-0.15, -0.1) is 11.3 Å². The number of Topliss-reactive ketones (excluding diaryl/α,β-unsaturated/α-hetero) is 1. The SMILES string of the molecule is O=C(CCCSc1nc2ccccc2s1)OCC(=O)c1ccc[nH]1. The summed E-state index contributed by atoms with van der Waals surface area (Å²) < 4.78 is 7.17. The monoisotopic (exact) mass is 360 g/mol. The number of hydrogen-bond donors (Lipinski definition) is 1. The second-order valence-electron chi connectivity index (χ2n) is 5.07. The molecule has 0 radical (unpaired) electrons. The van der Waals surface area contributed by atoms with Crippen LogP contribution in [0.25, 0.3) is 10.2 Å². The maximum atomic E-state index is 11.7. The van der Waals surface area contributed by atoms with E-state index in [9.17, 15) is 9.59 Å². The summed E-state index contributed by atoms with van der Waals surface area (Å²) in [5.41, 5.74) is 1.46. The topological polar surface area (TPSA) is 72.0 Å². The number of thiazole rings is 1. The lowest BCUT2D eigenvalue weighted by molar-refractivity contribution is -0.142. The number of rotatable bonds is 8. The summed E-state index contributed by atoms with van der Waals surface area (Å²) in [4.78, 5) is 30.7. The minimum atomic E-state index is -0.347. The van der Waals surface area contributed by atoms with E-state index in [1.165, 1.54) is 4.70 Å². The number of aromatic nitrogens is 2. The fourth-order valence-electron chi connectivity index (χ4n) is 2.09. The van der Waals surface area contributed by atoms with Crippen LogP contribution in [-0.4, -0.2) is 34.1 Å². The maximum absolute atomic E-state index is 11.7. The number of H-pyrrole nitrogens is 1. The van der Waals surface area contributed by atoms with Crippen LogP contribution in [0.15, 0.2) is 46.9 Å². The first kappa shape index (κ1) is 16.7. The van der Waals surface area contributed by atoms with Crippen molar-refractivity contribution in [2.75, 3.05) is 12.4 Å². The van der Waals surface area contributed by atoms with Crippen LogP contribution in [-0.2, 0) is 9.53 Å². The van der Waals surface area contributed by atoms with Crippen molar-refractivity contribution < 1.29 is 14.3 Å². The lowest BCUT2D eigenvalue weighted by Crippen LogP contribution is -2.14. The van der Waals surface area contributed by atoms with E-state index in [1.807, 2.05) is 18.2 Å². The Labute approximate surface area is 147 Å². The molecule has 0 spiro atoms. The van der Waals surface area contributed by atoms with Crippen LogP contribution in [0, 0.1) is 0 Å². The van der Waals surface area contributed by atoms with Gasteiger partial charge in [0.15, 0.2) is 10.9 Å². The van der Waals surface area contributed by atoms with Crippen molar-refractivity contribution in [1.82, 2.24) is 9.97 Å². The number of nitrogens with one attached hydrogen (secondary N) is 1. The number of para-hydroxylation sites is 1. The highest BCUT2D eigenvalue weighted by molar-refractivity contribution is 8.01. The highest BCUT2D eigenvalue weighted by Gasteiger charge is 2.10. The Hall–Kier alpha value is -2.12. The van der Waals surface area contributed by atoms with E-state index in [2.05, 4.69) is 16.0 Å². The zero-order valence-corrected chi connectivity index (χ0v) is 14.5. The van der Waals surface area contributed by atoms with E-state index < -0.39 is 0 Å². The molecule has 3 rings (SSSR count). The number of ketones is 1. The number of benzene rings is 1. The van der Waals surface area contributed by atoms with Gasteiger partial charge < -0.3 is 9.72 Å². The standard InChI is InChI=1S/C17H16N2O3S2/c20-14(12-6-3-9-18-12)11-22-16(21)8-4-10-23-17-19-13-5-1-2-7-15(13)24-17/h1-3,5-7,9,18H,4,8,10-11H2. The largest absolute Gasteiger partial charge is 0.457 e. The van der Waals surface area contributed by atoms with Crippen LogP contribution >= 0.6 is 23.1 Å². The molecule has 124 valence electrons. The van der Waals surface area contributed by atoms with E-state index in [-0.39, 0.29) is 18.4 Å². The summed E-state index contributed by atoms with van der Waals surface area (Å²) in [7, 11) is 0. The summed E-state index contributed by atoms with van der Waals surface area (Å²) in [5, 5.41) is 0. The Morgan fingerprint density at radius 3 is 2.88 bits per heavy atom. The minimum Gasteiger partial charge on any atom is -0.457 e. The quantitative estimate of drug-likeness (QED) is 0.285. The van der Waals surface area contributed by atoms with Crippen molar-refractivity contribution in [3.05, 3.63) is 48.3 Å². The zero-order valence-electron chi connectivity index (χ0n) is 12.9. The number of carbonyl (C=O) groups excluding carboxylic acids is 2. The number of fused-ring (bicyclic) bond motifs is 1. The van der Waals surface area contributed by atoms with Gasteiger partial charge in [0.1, 0.15) is 0 Å². The van der Waals surface area contributed by atoms with Gasteiger partial charge in [0.2, 0.25) is 5.78 Å². The minimum absolute atomic E-state index is 0.218. The average molecular weight is 360 g/mol. The maximum Gasteiger partial charge on any atom is 0.306 e. The van der Waals surface area contributed by atoms with Gasteiger partial charge >= 0.3 is 5.97 Å². The molecule has 7 heteroatoms. The van der Waals surface area contributed by atoms with Crippen LogP contribution < -0.4 is 0 Å². The van der Waals surface area contributed by atoms with Crippen molar-refractivity contribution in [2.45, 2.75) is 17.2 Å². The van der Waals surface area contributed by atoms with Crippen LogP contribution in [0.5, 0.6) is 0 Å². The first-order chi connectivity index (χ1) is 11.7. The van der Waals surface area contributed by atoms with Crippen molar-refractivity contribution in [2.24, 2.45) is 0 Å². The molecule has 1 N–H and O–H groups in total. The molecule has 0 atom stereocenters. The molecule has 0 bridgehead atoms. The molecule has 0 aliphatic heterocycles. The smallest absolute Gasteiger partial charge is 0.306 e. The Morgan fingerprint density at radius 1 is 1.21 bits per heavy atom. The molecule has 2 heterocycles. The molecule has 0 aliphatic carbocycles. The molecule has 0 saturated carbocycles. The molecular formula is C17H16N2O3S2. The normalized spacial score (nSPS) is 10.8. The molecule has 0 aliphatic rings. The van der Waals surface area contributed by atoms with Gasteiger partial charge in [-0.2, -0.15) is 0 Å². The van der Waals surface area contributed by atoms with E-state index in [1.54, 1.807) is 41.4 Å². The van der Waals surface area contributed by atoms with Gasteiger partial charge in [-0.3, -0.25) is 9.59 Å². The molecule has 0 amide bonds. The van der Waals surface area contributed by atoms with Gasteiger partial charge in [-0.05, 0) is 30.7 Å². The molecule has 5 nitrogen and oxygen atoms in total. The first-order valence-electron chi connectivity index (χ1n) is 7.53. The van der Waals surface area contributed by atoms with Gasteiger partial charge in [-0.1, -0.05) is 23.9 Å². The summed E-state index contributed by atoms with van der Waals surface area (Å²) in [6, 6.07) is 11.4. The lowest BCUT2D eigenvalue weighted by Gasteiger charge is -2.03. The second kappa shape index (κ2) is 8.12. The number of nitrogens with zero attached hydrogens (tertiary/aromatic N) is 1. The van der Waals surface area contributed by atoms with Crippen LogP contribution in [0.1, 0.15) is 23.3 Å². The number of hydrogen-bond acceptors (Lipinski definition) is 6. The number of ether oxygens (including phenoxy) is 1. The highest BCUT2D eigenvalue weighted by atomic mass is 32.2. The van der Waals surface area contributed by atoms with E-state index in [0.717, 1.165) is 15.6 Å². The molecule has 0 unspecified atom stereocenters. The first-order valence-corrected chi connectivity index (χ1v) is 9.33. The van der Waals surface area contributed by atoms with Crippen molar-refractivity contribution in [1.29, 1.82) is 0 Å². The predicted octanol–water partition coefficient (Wildman–Crippen LogP) is 3.92. The summed E-state index contributed by atoms with van der Waals surface area (Å²) in [6.45, 7) is -0.218. The Balaban J connectivity index is 1.35. The van der Waals surface area contributed by atoms with Crippen LogP contribution in [0.2, 0.25) is 0 Å². The predicted molar refractivity (Wildman–Crippen MR) is 95.7 cm³/mol. The second-order valence-corrected chi connectivity index (χ2v) is 7.44. The number of aromatic amines is 1. The highest BCUT2D eigenvalue weighted by Crippen LogP contribution is 2.29. The van der Waals surface area contributed by atoms with E-state index in [0.29, 0.717) is 18.5 Å². The Bertz CT molecular complexity index is 794. The van der Waals surface area contributed by atoms with Crippen molar-refractivity contribution in [3.8, 4) is 0 Å². The molecule has 24 heavy (non-hydrogen) atoms. The summed E-state index contributed by atoms with van der Waals surface area (Å²) in [6.07, 6.45) is 2.65. The molecule has 0 fully saturated rings. The lowest BCUT2D eigenvalue weighted by atomic mass is 10.3. The van der Waals surface area contributed by atoms with Gasteiger partial charge in [0.05, 0.1) is 15.9 Å². The van der Waals surface area contributed by atoms with Crippen LogP contribution in [0.3, 0.4) is 0 Å². The van der Waals surface area contributed by atoms with Crippen molar-refractivity contribution in [3.63, 3.8) is 0 Å². The zero-order chi connectivity index (χ0) is 16.8. The van der Waals surface area contributed by atoms with E-state index in [4.69, 9.17) is 4.74 Å². The third-order valence-corrected chi connectivity index (χ3v) is 5.55. The third kappa shape index (κ3) is 4.46. The molecule has 2 aromatic heterocycles. The number of carbonyl (C=O) groups is 2. The fraction of sp³-hybridized carbons (Fsp3) is 0.235. The number of thioether (sulfide) groups is 1. The third-order valence-electron chi connectivity index (χ3n) is 3.29. The molecule has 3 aromatic rings. The van der Waals surface area contributed by atoms with Gasteiger partial charge in [-0.25, -0.2) is 4.98 Å². The summed E-state index contributed by atoms with van der Waals surface area (Å²) >= 11 is 3.29. The van der Waals surface area contributed by atoms with Crippen molar-refractivity contribution >= 4 is 45.1 Å². The Morgan fingerprint density at radius 2 is 2.08 bits per heavy atom. The fourth-order valence-corrected chi connectivity index (χ4v) is 4.17. The molecule has 1 aromatic carbocycles.